The first-order valence-electron chi connectivity index (χ1n) is 8.38. The number of hydrogen-bond acceptors (Lipinski definition) is 4. The second kappa shape index (κ2) is 9.78. The second-order valence-electron chi connectivity index (χ2n) is 6.74. The Bertz CT molecular complexity index is 1210. The van der Waals surface area contributed by atoms with Gasteiger partial charge in [-0.15, -0.1) is 0 Å². The highest BCUT2D eigenvalue weighted by molar-refractivity contribution is 7.88. The highest BCUT2D eigenvalue weighted by Gasteiger charge is 2.90. The number of rotatable bonds is 11. The maximum absolute atomic E-state index is 13.7. The molecule has 0 radical (unpaired) electrons. The molecule has 0 bridgehead atoms. The molecule has 0 aliphatic heterocycles. The molecule has 0 saturated heterocycles. The lowest BCUT2D eigenvalue weighted by molar-refractivity contribution is -0.497. The predicted molar refractivity (Wildman–Crippen MR) is 77.5 cm³/mol. The lowest BCUT2D eigenvalue weighted by Gasteiger charge is -2.39. The monoisotopic (exact) mass is 664 g/mol. The van der Waals surface area contributed by atoms with Crippen LogP contribution in [0.25, 0.3) is 0 Å². The van der Waals surface area contributed by atoms with Crippen molar-refractivity contribution in [2.45, 2.75) is 47.6 Å². The van der Waals surface area contributed by atoms with E-state index < -0.39 is 92.5 Å². The average Bonchev–Trinajstić information content (AvgIpc) is 2.77. The van der Waals surface area contributed by atoms with Gasteiger partial charge in [-0.2, -0.15) is 78.7 Å². The highest BCUT2D eigenvalue weighted by atomic mass is 32.2. The Balaban J connectivity index is 3.61. The molecule has 0 saturated carbocycles. The van der Waals surface area contributed by atoms with Crippen molar-refractivity contribution in [2.24, 2.45) is 0 Å². The third-order valence-corrected chi connectivity index (χ3v) is 5.37. The Hall–Kier alpha value is -2.54. The van der Waals surface area contributed by atoms with E-state index in [1.165, 1.54) is 4.74 Å². The number of benzene rings is 1. The smallest absolute Gasteiger partial charge is 0.371 e. The average molecular weight is 664 g/mol. The van der Waals surface area contributed by atoms with Crippen molar-refractivity contribution in [3.05, 3.63) is 29.1 Å². The van der Waals surface area contributed by atoms with Gasteiger partial charge >= 0.3 is 57.7 Å². The number of ether oxygens (including phenoxy) is 1. The van der Waals surface area contributed by atoms with Crippen LogP contribution in [0.3, 0.4) is 0 Å². The summed E-state index contributed by atoms with van der Waals surface area (Å²) < 4.78 is 302. The normalized spacial score (nSPS) is 15.2. The summed E-state index contributed by atoms with van der Waals surface area (Å²) in [4.78, 5) is 0. The molecule has 1 aromatic carbocycles. The zero-order valence-electron chi connectivity index (χ0n) is 17.1. The van der Waals surface area contributed by atoms with Gasteiger partial charge in [-0.25, -0.2) is 26.7 Å². The van der Waals surface area contributed by atoms with Gasteiger partial charge in [0.25, 0.3) is 0 Å². The van der Waals surface area contributed by atoms with Gasteiger partial charge in [0, 0.05) is 0 Å². The van der Waals surface area contributed by atoms with E-state index in [9.17, 15) is 101 Å². The molecule has 0 heterocycles. The Morgan fingerprint density at radius 1 is 0.525 bits per heavy atom. The summed E-state index contributed by atoms with van der Waals surface area (Å²) in [6.45, 7) is 0. The molecule has 0 amide bonds. The molecule has 234 valence electrons. The molecule has 0 N–H and O–H groups in total. The minimum absolute atomic E-state index is 1.19. The van der Waals surface area contributed by atoms with E-state index in [-0.39, 0.29) is 0 Å². The van der Waals surface area contributed by atoms with Crippen molar-refractivity contribution < 1.29 is 110 Å². The van der Waals surface area contributed by atoms with E-state index in [0.29, 0.717) is 0 Å². The van der Waals surface area contributed by atoms with E-state index in [1.807, 2.05) is 0 Å². The second-order valence-corrected chi connectivity index (χ2v) is 8.32. The first kappa shape index (κ1) is 35.5. The lowest BCUT2D eigenvalue weighted by Crippen LogP contribution is -2.70. The quantitative estimate of drug-likeness (QED) is 0.115. The summed E-state index contributed by atoms with van der Waals surface area (Å²) in [7, 11) is -8.26. The van der Waals surface area contributed by atoms with Gasteiger partial charge in [0.15, 0.2) is 0 Å². The van der Waals surface area contributed by atoms with E-state index in [1.54, 1.807) is 0 Å². The van der Waals surface area contributed by atoms with Crippen LogP contribution in [0.15, 0.2) is 0 Å². The molecule has 0 aliphatic rings. The van der Waals surface area contributed by atoms with Crippen molar-refractivity contribution in [1.29, 1.82) is 0 Å². The number of alkyl halides is 16. The maximum Gasteiger partial charge on any atom is 0.471 e. The maximum atomic E-state index is 13.7. The predicted octanol–water partition coefficient (Wildman–Crippen LogP) is 6.69. The zero-order chi connectivity index (χ0) is 32.5. The molecule has 0 aromatic heterocycles. The summed E-state index contributed by atoms with van der Waals surface area (Å²) >= 11 is 0. The fourth-order valence-electron chi connectivity index (χ4n) is 1.98. The van der Waals surface area contributed by atoms with Gasteiger partial charge in [0.2, 0.25) is 34.8 Å². The molecular formula is C14HF21O4S. The Labute approximate surface area is 203 Å². The Morgan fingerprint density at radius 3 is 1.23 bits per heavy atom. The Morgan fingerprint density at radius 2 is 0.875 bits per heavy atom. The van der Waals surface area contributed by atoms with E-state index >= 15 is 0 Å². The molecule has 4 nitrogen and oxygen atoms in total. The topological polar surface area (TPSA) is 52.6 Å². The fourth-order valence-corrected chi connectivity index (χ4v) is 2.78. The van der Waals surface area contributed by atoms with Crippen molar-refractivity contribution >= 4 is 10.1 Å². The molecule has 0 spiro atoms. The van der Waals surface area contributed by atoms with Gasteiger partial charge in [0.05, 0.1) is 0 Å². The van der Waals surface area contributed by atoms with Gasteiger partial charge in [-0.05, 0) is 0 Å². The first-order chi connectivity index (χ1) is 17.3. The summed E-state index contributed by atoms with van der Waals surface area (Å²) in [6.07, 6.45) is -22.5. The zero-order valence-corrected chi connectivity index (χ0v) is 17.9. The van der Waals surface area contributed by atoms with Gasteiger partial charge in [0.1, 0.15) is 0 Å². The molecule has 1 rings (SSSR count). The number of halogens is 21. The summed E-state index contributed by atoms with van der Waals surface area (Å²) in [5.74, 6) is -53.4. The molecule has 0 unspecified atom stereocenters. The largest absolute Gasteiger partial charge is 0.471 e. The Kier molecular flexibility index (Phi) is 8.68. The van der Waals surface area contributed by atoms with Crippen LogP contribution in [0.5, 0.6) is 5.75 Å². The van der Waals surface area contributed by atoms with Crippen LogP contribution in [0.4, 0.5) is 92.2 Å². The van der Waals surface area contributed by atoms with E-state index in [2.05, 4.69) is 4.18 Å². The van der Waals surface area contributed by atoms with Crippen LogP contribution in [0, 0.1) is 29.1 Å². The van der Waals surface area contributed by atoms with Crippen LogP contribution in [-0.4, -0.2) is 56.0 Å². The SMILES string of the molecule is O=S(=O)(Oc1c(F)c(F)c(F)c(F)c1F)C(F)(F)C(F)(F)OC(F)(F)C(F)(F)C(F)(F)C(F)(F)C(F)(F)C(F)F. The third kappa shape index (κ3) is 4.93. The van der Waals surface area contributed by atoms with Crippen molar-refractivity contribution in [3.8, 4) is 5.75 Å². The summed E-state index contributed by atoms with van der Waals surface area (Å²) in [6, 6.07) is 0. The van der Waals surface area contributed by atoms with Crippen LogP contribution in [0.1, 0.15) is 0 Å². The van der Waals surface area contributed by atoms with Crippen LogP contribution < -0.4 is 4.18 Å². The first-order valence-corrected chi connectivity index (χ1v) is 9.79. The van der Waals surface area contributed by atoms with Crippen molar-refractivity contribution in [3.63, 3.8) is 0 Å². The minimum Gasteiger partial charge on any atom is -0.371 e. The molecule has 0 aliphatic carbocycles. The molecule has 26 heteroatoms. The van der Waals surface area contributed by atoms with Crippen LogP contribution in [0.2, 0.25) is 0 Å². The minimum atomic E-state index is -8.65. The van der Waals surface area contributed by atoms with Gasteiger partial charge < -0.3 is 4.18 Å². The van der Waals surface area contributed by atoms with Crippen molar-refractivity contribution in [1.82, 2.24) is 0 Å². The number of hydrogen-bond donors (Lipinski definition) is 0. The van der Waals surface area contributed by atoms with E-state index in [0.717, 1.165) is 0 Å². The lowest BCUT2D eigenvalue weighted by atomic mass is 9.98. The molecule has 0 fully saturated rings. The standard InChI is InChI=1S/C14HF21O4S/c15-1-2(16)4(18)6(5(19)3(1)17)38-40(36,37)14(34,35)13(32,33)39-12(30,31)11(28,29)10(26,27)9(24,25)8(22,23)7(20)21/h7H. The van der Waals surface area contributed by atoms with Gasteiger partial charge in [-0.3, -0.25) is 0 Å². The molecule has 40 heavy (non-hydrogen) atoms. The van der Waals surface area contributed by atoms with E-state index in [4.69, 9.17) is 0 Å². The van der Waals surface area contributed by atoms with Crippen LogP contribution in [-0.2, 0) is 14.9 Å². The van der Waals surface area contributed by atoms with Crippen LogP contribution >= 0.6 is 0 Å². The highest BCUT2D eigenvalue weighted by Crippen LogP contribution is 2.59. The van der Waals surface area contributed by atoms with Gasteiger partial charge in [-0.1, -0.05) is 0 Å². The molecule has 0 atom stereocenters. The summed E-state index contributed by atoms with van der Waals surface area (Å²) in [5, 5.41) is -7.87. The third-order valence-electron chi connectivity index (χ3n) is 4.12. The molecule has 1 aromatic rings. The molecular weight excluding hydrogens is 663 g/mol. The fraction of sp³-hybridized carbons (Fsp3) is 0.571. The summed E-state index contributed by atoms with van der Waals surface area (Å²) in [5.41, 5.74) is 0. The van der Waals surface area contributed by atoms with Crippen molar-refractivity contribution in [2.75, 3.05) is 0 Å².